The maximum absolute atomic E-state index is 13.9. The third-order valence-corrected chi connectivity index (χ3v) is 6.54. The van der Waals surface area contributed by atoms with E-state index in [1.165, 1.54) is 36.4 Å². The quantitative estimate of drug-likeness (QED) is 0.444. The number of halogens is 1. The van der Waals surface area contributed by atoms with E-state index in [1.54, 1.807) is 13.8 Å². The van der Waals surface area contributed by atoms with Gasteiger partial charge in [-0.2, -0.15) is 4.72 Å². The lowest BCUT2D eigenvalue weighted by molar-refractivity contribution is -0.150. The van der Waals surface area contributed by atoms with Crippen LogP contribution < -0.4 is 15.2 Å². The van der Waals surface area contributed by atoms with Crippen LogP contribution in [0, 0.1) is 11.7 Å². The Morgan fingerprint density at radius 3 is 2.16 bits per heavy atom. The number of hydrogen-bond donors (Lipinski definition) is 3. The summed E-state index contributed by atoms with van der Waals surface area (Å²) in [5.41, 5.74) is 0.221. The Morgan fingerprint density at radius 2 is 1.62 bits per heavy atom. The number of amides is 1. The van der Waals surface area contributed by atoms with Gasteiger partial charge in [-0.05, 0) is 42.3 Å². The molecule has 0 fully saturated rings. The molecule has 0 radical (unpaired) electrons. The third kappa shape index (κ3) is 6.82. The van der Waals surface area contributed by atoms with Crippen LogP contribution in [0.25, 0.3) is 0 Å². The van der Waals surface area contributed by atoms with E-state index in [-0.39, 0.29) is 10.6 Å². The molecular weight excluding hydrogens is 465 g/mol. The summed E-state index contributed by atoms with van der Waals surface area (Å²) in [6.45, 7) is 2.35. The number of nitrogens with two attached hydrogens (primary N) is 1. The van der Waals surface area contributed by atoms with Crippen molar-refractivity contribution in [2.45, 2.75) is 29.7 Å². The summed E-state index contributed by atoms with van der Waals surface area (Å²) in [6.07, 6.45) is 0. The minimum atomic E-state index is -4.37. The molecule has 1 amide bonds. The fourth-order valence-corrected chi connectivity index (χ4v) is 4.43. The van der Waals surface area contributed by atoms with Gasteiger partial charge in [-0.15, -0.1) is 0 Å². The first kappa shape index (κ1) is 25.4. The summed E-state index contributed by atoms with van der Waals surface area (Å²) < 4.78 is 68.3. The van der Waals surface area contributed by atoms with Crippen LogP contribution in [-0.2, 0) is 34.4 Å². The van der Waals surface area contributed by atoms with E-state index in [1.807, 2.05) is 0 Å². The van der Waals surface area contributed by atoms with Crippen LogP contribution in [0.5, 0.6) is 0 Å². The van der Waals surface area contributed by atoms with Crippen molar-refractivity contribution >= 4 is 37.6 Å². The number of carbonyl (C=O) groups is 2. The van der Waals surface area contributed by atoms with Crippen molar-refractivity contribution in [2.75, 3.05) is 11.9 Å². The van der Waals surface area contributed by atoms with Crippen molar-refractivity contribution in [3.63, 3.8) is 0 Å². The number of sulfonamides is 2. The molecule has 32 heavy (non-hydrogen) atoms. The average molecular weight is 488 g/mol. The van der Waals surface area contributed by atoms with Crippen LogP contribution in [0.15, 0.2) is 58.3 Å². The molecule has 0 aromatic heterocycles. The number of nitrogens with one attached hydrogen (secondary N) is 2. The van der Waals surface area contributed by atoms with Gasteiger partial charge >= 0.3 is 5.97 Å². The average Bonchev–Trinajstić information content (AvgIpc) is 2.70. The zero-order valence-corrected chi connectivity index (χ0v) is 18.7. The number of esters is 1. The largest absolute Gasteiger partial charge is 0.454 e. The maximum atomic E-state index is 13.9. The van der Waals surface area contributed by atoms with E-state index >= 15 is 0 Å². The summed E-state index contributed by atoms with van der Waals surface area (Å²) in [7, 11) is -8.26. The lowest BCUT2D eigenvalue weighted by atomic mass is 10.1. The normalized spacial score (nSPS) is 12.9. The molecule has 174 valence electrons. The van der Waals surface area contributed by atoms with Crippen LogP contribution in [0.2, 0.25) is 0 Å². The third-order valence-electron chi connectivity index (χ3n) is 4.14. The van der Waals surface area contributed by atoms with Gasteiger partial charge in [0.1, 0.15) is 16.8 Å². The van der Waals surface area contributed by atoms with Crippen molar-refractivity contribution < 1.29 is 35.6 Å². The predicted molar refractivity (Wildman–Crippen MR) is 113 cm³/mol. The maximum Gasteiger partial charge on any atom is 0.324 e. The lowest BCUT2D eigenvalue weighted by Gasteiger charge is -2.21. The fourth-order valence-electron chi connectivity index (χ4n) is 2.50. The van der Waals surface area contributed by atoms with Crippen molar-refractivity contribution in [1.29, 1.82) is 0 Å². The summed E-state index contributed by atoms with van der Waals surface area (Å²) in [6, 6.07) is 8.25. The zero-order valence-electron chi connectivity index (χ0n) is 17.1. The van der Waals surface area contributed by atoms with Gasteiger partial charge in [0.2, 0.25) is 20.0 Å². The smallest absolute Gasteiger partial charge is 0.324 e. The molecule has 0 heterocycles. The van der Waals surface area contributed by atoms with Crippen LogP contribution in [0.1, 0.15) is 13.8 Å². The van der Waals surface area contributed by atoms with Crippen LogP contribution in [0.4, 0.5) is 10.1 Å². The Kier molecular flexibility index (Phi) is 8.07. The first-order valence-corrected chi connectivity index (χ1v) is 12.2. The summed E-state index contributed by atoms with van der Waals surface area (Å²) in [4.78, 5) is 23.6. The van der Waals surface area contributed by atoms with Gasteiger partial charge in [0.05, 0.1) is 4.90 Å². The summed E-state index contributed by atoms with van der Waals surface area (Å²) in [5.74, 6) is -3.33. The number of anilines is 1. The Morgan fingerprint density at radius 1 is 1.03 bits per heavy atom. The number of ether oxygens (including phenoxy) is 1. The van der Waals surface area contributed by atoms with Gasteiger partial charge in [-0.3, -0.25) is 9.59 Å². The Hall–Kier alpha value is -2.87. The number of benzene rings is 2. The first-order chi connectivity index (χ1) is 14.8. The van der Waals surface area contributed by atoms with Crippen LogP contribution in [0.3, 0.4) is 0 Å². The second-order valence-corrected chi connectivity index (χ2v) is 10.2. The van der Waals surface area contributed by atoms with Gasteiger partial charge < -0.3 is 10.1 Å². The minimum absolute atomic E-state index is 0.149. The molecule has 2 rings (SSSR count). The number of hydrogen-bond acceptors (Lipinski definition) is 7. The fraction of sp³-hybridized carbons (Fsp3) is 0.263. The highest BCUT2D eigenvalue weighted by molar-refractivity contribution is 7.89. The molecule has 4 N–H and O–H groups in total. The SMILES string of the molecule is CC(C)[C@H](NS(=O)(=O)c1ccccc1F)C(=O)OCC(=O)Nc1ccc(S(N)(=O)=O)cc1. The molecule has 0 saturated heterocycles. The van der Waals surface area contributed by atoms with E-state index in [0.29, 0.717) is 0 Å². The lowest BCUT2D eigenvalue weighted by Crippen LogP contribution is -2.46. The molecular formula is C19H22FN3O7S2. The molecule has 0 spiro atoms. The van der Waals surface area contributed by atoms with E-state index < -0.39 is 61.2 Å². The second-order valence-electron chi connectivity index (χ2n) is 7.00. The Bertz CT molecular complexity index is 1200. The first-order valence-electron chi connectivity index (χ1n) is 9.17. The molecule has 2 aromatic rings. The standard InChI is InChI=1S/C19H22FN3O7S2/c1-12(2)18(23-32(28,29)16-6-4-3-5-15(16)20)19(25)30-11-17(24)22-13-7-9-14(10-8-13)31(21,26)27/h3-10,12,18,23H,11H2,1-2H3,(H,22,24)(H2,21,26,27)/t18-/m0/s1. The van der Waals surface area contributed by atoms with E-state index in [4.69, 9.17) is 9.88 Å². The molecule has 0 unspecified atom stereocenters. The number of carbonyl (C=O) groups excluding carboxylic acids is 2. The summed E-state index contributed by atoms with van der Waals surface area (Å²) >= 11 is 0. The topological polar surface area (TPSA) is 162 Å². The van der Waals surface area contributed by atoms with E-state index in [0.717, 1.165) is 12.1 Å². The van der Waals surface area contributed by atoms with Crippen molar-refractivity contribution in [3.8, 4) is 0 Å². The molecule has 0 aliphatic rings. The summed E-state index contributed by atoms with van der Waals surface area (Å²) in [5, 5.41) is 7.37. The monoisotopic (exact) mass is 487 g/mol. The predicted octanol–water partition coefficient (Wildman–Crippen LogP) is 0.958. The van der Waals surface area contributed by atoms with Crippen molar-refractivity contribution in [1.82, 2.24) is 4.72 Å². The van der Waals surface area contributed by atoms with Gasteiger partial charge in [-0.1, -0.05) is 26.0 Å². The highest BCUT2D eigenvalue weighted by Gasteiger charge is 2.31. The van der Waals surface area contributed by atoms with Gasteiger partial charge in [0.25, 0.3) is 5.91 Å². The van der Waals surface area contributed by atoms with Crippen LogP contribution >= 0.6 is 0 Å². The number of rotatable bonds is 9. The molecule has 2 aromatic carbocycles. The molecule has 0 bridgehead atoms. The second kappa shape index (κ2) is 10.2. The highest BCUT2D eigenvalue weighted by Crippen LogP contribution is 2.16. The van der Waals surface area contributed by atoms with Gasteiger partial charge in [0, 0.05) is 5.69 Å². The molecule has 10 nitrogen and oxygen atoms in total. The molecule has 13 heteroatoms. The zero-order chi connectivity index (χ0) is 24.1. The number of primary sulfonamides is 1. The Balaban J connectivity index is 2.01. The van der Waals surface area contributed by atoms with E-state index in [9.17, 15) is 30.8 Å². The molecule has 1 atom stereocenters. The molecule has 0 saturated carbocycles. The van der Waals surface area contributed by atoms with Crippen LogP contribution in [-0.4, -0.2) is 41.4 Å². The molecule has 0 aliphatic carbocycles. The van der Waals surface area contributed by atoms with Crippen molar-refractivity contribution in [2.24, 2.45) is 11.1 Å². The Labute approximate surface area is 185 Å². The van der Waals surface area contributed by atoms with Gasteiger partial charge in [0.15, 0.2) is 6.61 Å². The van der Waals surface area contributed by atoms with Crippen molar-refractivity contribution in [3.05, 3.63) is 54.3 Å². The van der Waals surface area contributed by atoms with Gasteiger partial charge in [-0.25, -0.2) is 26.4 Å². The highest BCUT2D eigenvalue weighted by atomic mass is 32.2. The molecule has 0 aliphatic heterocycles. The van der Waals surface area contributed by atoms with E-state index in [2.05, 4.69) is 10.0 Å². The minimum Gasteiger partial charge on any atom is -0.454 e.